The minimum absolute atomic E-state index is 0.460. The summed E-state index contributed by atoms with van der Waals surface area (Å²) in [6.45, 7) is 0. The number of aromatic nitrogens is 3. The van der Waals surface area contributed by atoms with Gasteiger partial charge in [0.25, 0.3) is 0 Å². The molecule has 4 nitrogen and oxygen atoms in total. The van der Waals surface area contributed by atoms with Gasteiger partial charge in [-0.1, -0.05) is 22.9 Å². The van der Waals surface area contributed by atoms with Crippen molar-refractivity contribution in [1.29, 1.82) is 0 Å². The fourth-order valence-electron chi connectivity index (χ4n) is 0.774. The van der Waals surface area contributed by atoms with Crippen molar-refractivity contribution in [2.45, 2.75) is 9.37 Å². The Kier molecular flexibility index (Phi) is 2.85. The van der Waals surface area contributed by atoms with Crippen LogP contribution in [0.25, 0.3) is 0 Å². The molecule has 0 saturated heterocycles. The Morgan fingerprint density at radius 2 is 2.21 bits per heavy atom. The van der Waals surface area contributed by atoms with Crippen LogP contribution in [0, 0.1) is 0 Å². The van der Waals surface area contributed by atoms with E-state index in [1.165, 1.54) is 23.1 Å². The minimum Gasteiger partial charge on any atom is -0.374 e. The summed E-state index contributed by atoms with van der Waals surface area (Å²) in [5, 5.41) is 9.47. The molecule has 0 aliphatic carbocycles. The third-order valence-corrected chi connectivity index (χ3v) is 3.29. The number of hydrogen-bond acceptors (Lipinski definition) is 6. The molecule has 2 rings (SSSR count). The second-order valence-corrected chi connectivity index (χ2v) is 5.04. The van der Waals surface area contributed by atoms with E-state index in [-0.39, 0.29) is 0 Å². The molecule has 0 unspecified atom stereocenters. The summed E-state index contributed by atoms with van der Waals surface area (Å²) in [7, 11) is 0. The second-order valence-electron chi connectivity index (χ2n) is 2.32. The van der Waals surface area contributed by atoms with Crippen molar-refractivity contribution in [3.63, 3.8) is 0 Å². The van der Waals surface area contributed by atoms with E-state index in [0.29, 0.717) is 10.2 Å². The van der Waals surface area contributed by atoms with Crippen LogP contribution in [-0.4, -0.2) is 15.2 Å². The number of anilines is 1. The molecule has 2 N–H and O–H groups in total. The van der Waals surface area contributed by atoms with Crippen LogP contribution in [-0.2, 0) is 0 Å². The molecular formula is C7H5ClN4S2. The summed E-state index contributed by atoms with van der Waals surface area (Å²) in [4.78, 5) is 4.11. The zero-order valence-corrected chi connectivity index (χ0v) is 9.23. The first-order chi connectivity index (χ1) is 6.74. The predicted octanol–water partition coefficient (Wildman–Crippen LogP) is 2.32. The Balaban J connectivity index is 2.15. The summed E-state index contributed by atoms with van der Waals surface area (Å²) in [6.07, 6.45) is 1.59. The molecule has 72 valence electrons. The molecule has 0 aliphatic heterocycles. The van der Waals surface area contributed by atoms with Crippen molar-refractivity contribution in [3.8, 4) is 0 Å². The quantitative estimate of drug-likeness (QED) is 0.878. The van der Waals surface area contributed by atoms with E-state index in [9.17, 15) is 0 Å². The second kappa shape index (κ2) is 4.12. The van der Waals surface area contributed by atoms with Gasteiger partial charge in [-0.25, -0.2) is 4.98 Å². The molecule has 0 atom stereocenters. The van der Waals surface area contributed by atoms with Crippen LogP contribution in [0.5, 0.6) is 0 Å². The van der Waals surface area contributed by atoms with Gasteiger partial charge in [0, 0.05) is 6.20 Å². The van der Waals surface area contributed by atoms with Gasteiger partial charge in [-0.3, -0.25) is 0 Å². The molecule has 0 radical (unpaired) electrons. The van der Waals surface area contributed by atoms with Gasteiger partial charge >= 0.3 is 0 Å². The summed E-state index contributed by atoms with van der Waals surface area (Å²) in [5.41, 5.74) is 5.45. The van der Waals surface area contributed by atoms with Gasteiger partial charge in [-0.05, 0) is 23.9 Å². The van der Waals surface area contributed by atoms with Crippen molar-refractivity contribution in [3.05, 3.63) is 23.4 Å². The van der Waals surface area contributed by atoms with E-state index in [2.05, 4.69) is 15.2 Å². The fourth-order valence-corrected chi connectivity index (χ4v) is 2.41. The SMILES string of the molecule is Nc1nnc(Sc2ccc(Cl)cn2)s1. The number of nitrogens with two attached hydrogens (primary N) is 1. The molecule has 2 aromatic heterocycles. The zero-order chi connectivity index (χ0) is 9.97. The Bertz CT molecular complexity index is 428. The number of hydrogen-bond donors (Lipinski definition) is 1. The Labute approximate surface area is 93.5 Å². The van der Waals surface area contributed by atoms with E-state index in [1.807, 2.05) is 6.07 Å². The highest BCUT2D eigenvalue weighted by molar-refractivity contribution is 8.01. The maximum Gasteiger partial charge on any atom is 0.203 e. The number of rotatable bonds is 2. The van der Waals surface area contributed by atoms with Crippen LogP contribution in [0.15, 0.2) is 27.7 Å². The van der Waals surface area contributed by atoms with Crippen molar-refractivity contribution < 1.29 is 0 Å². The summed E-state index contributed by atoms with van der Waals surface area (Å²) < 4.78 is 0.775. The molecular weight excluding hydrogens is 240 g/mol. The van der Waals surface area contributed by atoms with E-state index in [1.54, 1.807) is 12.3 Å². The lowest BCUT2D eigenvalue weighted by Gasteiger charge is -1.94. The lowest BCUT2D eigenvalue weighted by Crippen LogP contribution is -1.80. The largest absolute Gasteiger partial charge is 0.374 e. The monoisotopic (exact) mass is 244 g/mol. The highest BCUT2D eigenvalue weighted by atomic mass is 35.5. The first-order valence-corrected chi connectivity index (χ1v) is 5.63. The third kappa shape index (κ3) is 2.34. The number of nitrogens with zero attached hydrogens (tertiary/aromatic N) is 3. The first-order valence-electron chi connectivity index (χ1n) is 3.62. The Morgan fingerprint density at radius 3 is 2.79 bits per heavy atom. The van der Waals surface area contributed by atoms with E-state index >= 15 is 0 Å². The minimum atomic E-state index is 0.460. The van der Waals surface area contributed by atoms with Gasteiger partial charge in [0.1, 0.15) is 5.03 Å². The number of halogens is 1. The average molecular weight is 245 g/mol. The van der Waals surface area contributed by atoms with Gasteiger partial charge in [0.05, 0.1) is 5.02 Å². The van der Waals surface area contributed by atoms with Crippen LogP contribution in [0.2, 0.25) is 5.02 Å². The van der Waals surface area contributed by atoms with Gasteiger partial charge in [-0.15, -0.1) is 10.2 Å². The van der Waals surface area contributed by atoms with Crippen molar-refractivity contribution >= 4 is 39.8 Å². The van der Waals surface area contributed by atoms with Crippen LogP contribution in [0.4, 0.5) is 5.13 Å². The molecule has 2 heterocycles. The lowest BCUT2D eigenvalue weighted by molar-refractivity contribution is 1.01. The topological polar surface area (TPSA) is 64.7 Å². The molecule has 0 spiro atoms. The van der Waals surface area contributed by atoms with Crippen molar-refractivity contribution in [2.75, 3.05) is 5.73 Å². The van der Waals surface area contributed by atoms with E-state index in [4.69, 9.17) is 17.3 Å². The predicted molar refractivity (Wildman–Crippen MR) is 57.7 cm³/mol. The number of nitrogen functional groups attached to an aromatic ring is 1. The standard InChI is InChI=1S/C7H5ClN4S2/c8-4-1-2-5(10-3-4)13-7-12-11-6(9)14-7/h1-3H,(H2,9,11). The van der Waals surface area contributed by atoms with Crippen molar-refractivity contribution in [1.82, 2.24) is 15.2 Å². The molecule has 14 heavy (non-hydrogen) atoms. The van der Waals surface area contributed by atoms with Crippen molar-refractivity contribution in [2.24, 2.45) is 0 Å². The van der Waals surface area contributed by atoms with Gasteiger partial charge < -0.3 is 5.73 Å². The highest BCUT2D eigenvalue weighted by Crippen LogP contribution is 2.29. The molecule has 0 saturated carbocycles. The summed E-state index contributed by atoms with van der Waals surface area (Å²) >= 11 is 8.45. The molecule has 7 heteroatoms. The Hall–Kier alpha value is -0.850. The maximum absolute atomic E-state index is 5.70. The van der Waals surface area contributed by atoms with Gasteiger partial charge in [-0.2, -0.15) is 0 Å². The molecule has 0 amide bonds. The molecule has 2 aromatic rings. The van der Waals surface area contributed by atoms with E-state index < -0.39 is 0 Å². The van der Waals surface area contributed by atoms with E-state index in [0.717, 1.165) is 9.37 Å². The van der Waals surface area contributed by atoms with Crippen LogP contribution < -0.4 is 5.73 Å². The fraction of sp³-hybridized carbons (Fsp3) is 0. The normalized spacial score (nSPS) is 10.4. The number of pyridine rings is 1. The maximum atomic E-state index is 5.70. The first kappa shape index (κ1) is 9.70. The van der Waals surface area contributed by atoms with Crippen LogP contribution in [0.1, 0.15) is 0 Å². The molecule has 0 bridgehead atoms. The molecule has 0 aliphatic rings. The summed E-state index contributed by atoms with van der Waals surface area (Å²) in [5.74, 6) is 0. The Morgan fingerprint density at radius 1 is 1.36 bits per heavy atom. The smallest absolute Gasteiger partial charge is 0.203 e. The van der Waals surface area contributed by atoms with Crippen LogP contribution in [0.3, 0.4) is 0 Å². The molecule has 0 aromatic carbocycles. The third-order valence-electron chi connectivity index (χ3n) is 1.31. The van der Waals surface area contributed by atoms with Gasteiger partial charge in [0.2, 0.25) is 5.13 Å². The highest BCUT2D eigenvalue weighted by Gasteiger charge is 2.04. The van der Waals surface area contributed by atoms with Gasteiger partial charge in [0.15, 0.2) is 4.34 Å². The zero-order valence-electron chi connectivity index (χ0n) is 6.85. The summed E-state index contributed by atoms with van der Waals surface area (Å²) in [6, 6.07) is 3.60. The lowest BCUT2D eigenvalue weighted by atomic mass is 10.5. The average Bonchev–Trinajstić information content (AvgIpc) is 2.56. The molecule has 0 fully saturated rings. The van der Waals surface area contributed by atoms with Crippen LogP contribution >= 0.6 is 34.7 Å².